The maximum absolute atomic E-state index is 12.5. The van der Waals surface area contributed by atoms with Crippen molar-refractivity contribution in [2.75, 3.05) is 6.54 Å². The first-order valence-corrected chi connectivity index (χ1v) is 10.0. The van der Waals surface area contributed by atoms with Crippen molar-refractivity contribution in [2.45, 2.75) is 68.7 Å². The summed E-state index contributed by atoms with van der Waals surface area (Å²) in [5, 5.41) is 3.35. The van der Waals surface area contributed by atoms with Crippen molar-refractivity contribution in [3.8, 4) is 0 Å². The van der Waals surface area contributed by atoms with Crippen molar-refractivity contribution in [2.24, 2.45) is 0 Å². The van der Waals surface area contributed by atoms with Crippen molar-refractivity contribution >= 4 is 21.4 Å². The zero-order valence-electron chi connectivity index (χ0n) is 13.1. The minimum atomic E-state index is -3.36. The highest BCUT2D eigenvalue weighted by molar-refractivity contribution is 7.91. The molecular weight excluding hydrogens is 304 g/mol. The SMILES string of the molecule is CCC1(NS(=O)(=O)c2ccc(CCNC(C)C)s2)CCC1. The van der Waals surface area contributed by atoms with Crippen molar-refractivity contribution in [1.29, 1.82) is 0 Å². The normalized spacial score (nSPS) is 17.9. The molecule has 21 heavy (non-hydrogen) atoms. The van der Waals surface area contributed by atoms with E-state index in [1.165, 1.54) is 11.3 Å². The average molecular weight is 331 g/mol. The molecule has 120 valence electrons. The van der Waals surface area contributed by atoms with Gasteiger partial charge < -0.3 is 5.32 Å². The molecule has 1 heterocycles. The molecule has 0 amide bonds. The Labute approximate surface area is 132 Å². The highest BCUT2D eigenvalue weighted by atomic mass is 32.2. The smallest absolute Gasteiger partial charge is 0.250 e. The van der Waals surface area contributed by atoms with Crippen LogP contribution in [-0.2, 0) is 16.4 Å². The number of sulfonamides is 1. The summed E-state index contributed by atoms with van der Waals surface area (Å²) >= 11 is 1.39. The van der Waals surface area contributed by atoms with Crippen LogP contribution in [0.4, 0.5) is 0 Å². The third kappa shape index (κ3) is 4.28. The van der Waals surface area contributed by atoms with Crippen molar-refractivity contribution in [3.63, 3.8) is 0 Å². The molecule has 1 fully saturated rings. The molecule has 1 saturated carbocycles. The largest absolute Gasteiger partial charge is 0.314 e. The minimum absolute atomic E-state index is 0.192. The monoisotopic (exact) mass is 330 g/mol. The van der Waals surface area contributed by atoms with Gasteiger partial charge in [0.25, 0.3) is 10.0 Å². The molecular formula is C15H26N2O2S2. The van der Waals surface area contributed by atoms with E-state index in [1.807, 2.05) is 6.07 Å². The summed E-state index contributed by atoms with van der Waals surface area (Å²) in [4.78, 5) is 1.11. The van der Waals surface area contributed by atoms with Gasteiger partial charge in [-0.05, 0) is 44.2 Å². The second-order valence-electron chi connectivity index (χ2n) is 6.17. The van der Waals surface area contributed by atoms with Gasteiger partial charge in [0, 0.05) is 23.0 Å². The number of hydrogen-bond donors (Lipinski definition) is 2. The Morgan fingerprint density at radius 1 is 1.33 bits per heavy atom. The fourth-order valence-corrected chi connectivity index (χ4v) is 5.47. The van der Waals surface area contributed by atoms with E-state index in [0.29, 0.717) is 10.3 Å². The van der Waals surface area contributed by atoms with Crippen LogP contribution >= 0.6 is 11.3 Å². The van der Waals surface area contributed by atoms with Crippen LogP contribution in [-0.4, -0.2) is 26.5 Å². The standard InChI is InChI=1S/C15H26N2O2S2/c1-4-15(9-5-10-15)17-21(18,19)14-7-6-13(20-14)8-11-16-12(2)3/h6-7,12,16-17H,4-5,8-11H2,1-3H3. The van der Waals surface area contributed by atoms with E-state index in [2.05, 4.69) is 30.8 Å². The molecule has 4 nitrogen and oxygen atoms in total. The minimum Gasteiger partial charge on any atom is -0.314 e. The Hall–Kier alpha value is -0.430. The van der Waals surface area contributed by atoms with Crippen molar-refractivity contribution < 1.29 is 8.42 Å². The third-order valence-electron chi connectivity index (χ3n) is 4.16. The molecule has 6 heteroatoms. The Morgan fingerprint density at radius 2 is 2.05 bits per heavy atom. The van der Waals surface area contributed by atoms with Gasteiger partial charge in [0.1, 0.15) is 4.21 Å². The van der Waals surface area contributed by atoms with E-state index in [4.69, 9.17) is 0 Å². The van der Waals surface area contributed by atoms with Crippen LogP contribution < -0.4 is 10.0 Å². The maximum Gasteiger partial charge on any atom is 0.250 e. The molecule has 1 aliphatic carbocycles. The molecule has 0 saturated heterocycles. The van der Waals surface area contributed by atoms with Gasteiger partial charge >= 0.3 is 0 Å². The molecule has 0 aromatic carbocycles. The predicted molar refractivity (Wildman–Crippen MR) is 88.4 cm³/mol. The predicted octanol–water partition coefficient (Wildman–Crippen LogP) is 2.90. The lowest BCUT2D eigenvalue weighted by Crippen LogP contribution is -2.52. The van der Waals surface area contributed by atoms with Crippen LogP contribution in [0.3, 0.4) is 0 Å². The maximum atomic E-state index is 12.5. The lowest BCUT2D eigenvalue weighted by Gasteiger charge is -2.41. The molecule has 0 bridgehead atoms. The first kappa shape index (κ1) is 16.9. The molecule has 1 aliphatic rings. The van der Waals surface area contributed by atoms with Gasteiger partial charge in [-0.2, -0.15) is 0 Å². The average Bonchev–Trinajstić information content (AvgIpc) is 2.83. The van der Waals surface area contributed by atoms with Gasteiger partial charge in [-0.3, -0.25) is 0 Å². The van der Waals surface area contributed by atoms with E-state index in [1.54, 1.807) is 6.07 Å². The Morgan fingerprint density at radius 3 is 2.57 bits per heavy atom. The highest BCUT2D eigenvalue weighted by Crippen LogP contribution is 2.36. The van der Waals surface area contributed by atoms with Crippen LogP contribution in [0.15, 0.2) is 16.3 Å². The van der Waals surface area contributed by atoms with Gasteiger partial charge in [0.2, 0.25) is 0 Å². The Kier molecular flexibility index (Phi) is 5.46. The Balaban J connectivity index is 1.99. The second kappa shape index (κ2) is 6.77. The molecule has 0 atom stereocenters. The van der Waals surface area contributed by atoms with Crippen LogP contribution in [0.25, 0.3) is 0 Å². The first-order chi connectivity index (χ1) is 9.87. The number of hydrogen-bond acceptors (Lipinski definition) is 4. The van der Waals surface area contributed by atoms with Crippen LogP contribution in [0, 0.1) is 0 Å². The van der Waals surface area contributed by atoms with E-state index in [9.17, 15) is 8.42 Å². The summed E-state index contributed by atoms with van der Waals surface area (Å²) in [5.74, 6) is 0. The highest BCUT2D eigenvalue weighted by Gasteiger charge is 2.39. The van der Waals surface area contributed by atoms with Gasteiger partial charge in [-0.1, -0.05) is 20.8 Å². The quantitative estimate of drug-likeness (QED) is 0.770. The van der Waals surface area contributed by atoms with Crippen molar-refractivity contribution in [3.05, 3.63) is 17.0 Å². The zero-order valence-corrected chi connectivity index (χ0v) is 14.7. The Bertz CT molecular complexity index is 554. The summed E-state index contributed by atoms with van der Waals surface area (Å²) in [6.45, 7) is 7.15. The summed E-state index contributed by atoms with van der Waals surface area (Å²) in [6.07, 6.45) is 4.77. The van der Waals surface area contributed by atoms with Crippen LogP contribution in [0.1, 0.15) is 51.3 Å². The van der Waals surface area contributed by atoms with Crippen LogP contribution in [0.5, 0.6) is 0 Å². The number of nitrogens with one attached hydrogen (secondary N) is 2. The molecule has 2 rings (SSSR count). The fraction of sp³-hybridized carbons (Fsp3) is 0.733. The summed E-state index contributed by atoms with van der Waals surface area (Å²) in [6, 6.07) is 4.12. The van der Waals surface area contributed by atoms with E-state index in [-0.39, 0.29) is 5.54 Å². The number of rotatable bonds is 8. The zero-order chi connectivity index (χ0) is 15.5. The number of thiophene rings is 1. The molecule has 1 aromatic heterocycles. The molecule has 0 spiro atoms. The second-order valence-corrected chi connectivity index (χ2v) is 9.25. The van der Waals surface area contributed by atoms with E-state index < -0.39 is 10.0 Å². The lowest BCUT2D eigenvalue weighted by molar-refractivity contribution is 0.214. The van der Waals surface area contributed by atoms with E-state index in [0.717, 1.165) is 43.5 Å². The first-order valence-electron chi connectivity index (χ1n) is 7.73. The van der Waals surface area contributed by atoms with Crippen molar-refractivity contribution in [1.82, 2.24) is 10.0 Å². The van der Waals surface area contributed by atoms with Crippen LogP contribution in [0.2, 0.25) is 0 Å². The van der Waals surface area contributed by atoms with E-state index >= 15 is 0 Å². The van der Waals surface area contributed by atoms with Gasteiger partial charge in [0.05, 0.1) is 0 Å². The summed E-state index contributed by atoms with van der Waals surface area (Å²) < 4.78 is 28.3. The topological polar surface area (TPSA) is 58.2 Å². The fourth-order valence-electron chi connectivity index (χ4n) is 2.59. The molecule has 2 N–H and O–H groups in total. The lowest BCUT2D eigenvalue weighted by atomic mass is 9.76. The molecule has 0 aliphatic heterocycles. The molecule has 1 aromatic rings. The molecule has 0 radical (unpaired) electrons. The summed E-state index contributed by atoms with van der Waals surface area (Å²) in [7, 11) is -3.36. The summed E-state index contributed by atoms with van der Waals surface area (Å²) in [5.41, 5.74) is -0.192. The van der Waals surface area contributed by atoms with Gasteiger partial charge in [-0.25, -0.2) is 13.1 Å². The van der Waals surface area contributed by atoms with Gasteiger partial charge in [0.15, 0.2) is 0 Å². The molecule has 0 unspecified atom stereocenters. The third-order valence-corrected chi connectivity index (χ3v) is 7.38. The van der Waals surface area contributed by atoms with Gasteiger partial charge in [-0.15, -0.1) is 11.3 Å².